The van der Waals surface area contributed by atoms with E-state index in [1.807, 2.05) is 0 Å². The van der Waals surface area contributed by atoms with E-state index in [2.05, 4.69) is 48.5 Å². The summed E-state index contributed by atoms with van der Waals surface area (Å²) in [4.78, 5) is 0. The fourth-order valence-electron chi connectivity index (χ4n) is 3.56. The molecule has 0 N–H and O–H groups in total. The third-order valence-electron chi connectivity index (χ3n) is 4.56. The normalized spacial score (nSPS) is 24.9. The molecule has 0 radical (unpaired) electrons. The van der Waals surface area contributed by atoms with E-state index in [4.69, 9.17) is 0 Å². The molecule has 2 unspecified atom stereocenters. The molecule has 0 spiro atoms. The van der Waals surface area contributed by atoms with Crippen LogP contribution < -0.4 is 0 Å². The van der Waals surface area contributed by atoms with Gasteiger partial charge in [-0.25, -0.2) is 0 Å². The fraction of sp³-hybridized carbons (Fsp3) is 0.294. The van der Waals surface area contributed by atoms with Gasteiger partial charge >= 0.3 is 0 Å². The number of rotatable bonds is 0. The van der Waals surface area contributed by atoms with Gasteiger partial charge in [0.1, 0.15) is 0 Å². The molecule has 0 saturated heterocycles. The Balaban J connectivity index is 1.94. The van der Waals surface area contributed by atoms with Crippen LogP contribution in [0.1, 0.15) is 46.9 Å². The molecule has 2 aliphatic rings. The van der Waals surface area contributed by atoms with Crippen LogP contribution in [0.2, 0.25) is 0 Å². The summed E-state index contributed by atoms with van der Waals surface area (Å²) in [5.41, 5.74) is 6.32. The van der Waals surface area contributed by atoms with Crippen LogP contribution in [-0.2, 0) is 6.42 Å². The highest BCUT2D eigenvalue weighted by Crippen LogP contribution is 2.52. The Kier molecular flexibility index (Phi) is 1.93. The molecule has 4 rings (SSSR count). The molecule has 2 atom stereocenters. The average Bonchev–Trinajstić information content (AvgIpc) is 2.41. The lowest BCUT2D eigenvalue weighted by molar-refractivity contribution is 0.347. The first-order valence-corrected chi connectivity index (χ1v) is 6.59. The summed E-state index contributed by atoms with van der Waals surface area (Å²) >= 11 is 0. The van der Waals surface area contributed by atoms with Gasteiger partial charge in [-0.1, -0.05) is 48.5 Å². The number of fused-ring (bicyclic) bond motifs is 5. The molecular weight excluding hydrogens is 204 g/mol. The van der Waals surface area contributed by atoms with Crippen LogP contribution >= 0.6 is 0 Å². The first-order valence-electron chi connectivity index (χ1n) is 6.59. The molecule has 17 heavy (non-hydrogen) atoms. The van der Waals surface area contributed by atoms with E-state index in [0.717, 1.165) is 18.3 Å². The maximum atomic E-state index is 2.35. The molecule has 2 aliphatic carbocycles. The van der Waals surface area contributed by atoms with E-state index < -0.39 is 0 Å². The standard InChI is InChI=1S/C17H16/c1-3-7-14-12(5-1)11-13-6-2-4-8-15(13)17-10-9-16(14)17/h1-8,16-17H,9-11H2. The van der Waals surface area contributed by atoms with Crippen molar-refractivity contribution in [2.45, 2.75) is 31.1 Å². The molecule has 84 valence electrons. The minimum absolute atomic E-state index is 0.787. The highest BCUT2D eigenvalue weighted by molar-refractivity contribution is 5.46. The van der Waals surface area contributed by atoms with Crippen LogP contribution in [0.4, 0.5) is 0 Å². The van der Waals surface area contributed by atoms with Crippen LogP contribution in [0.5, 0.6) is 0 Å². The van der Waals surface area contributed by atoms with E-state index >= 15 is 0 Å². The summed E-state index contributed by atoms with van der Waals surface area (Å²) in [5.74, 6) is 1.57. The SMILES string of the molecule is c1ccc2c(c1)Cc1ccccc1C1CCC21. The quantitative estimate of drug-likeness (QED) is 0.622. The molecule has 1 fully saturated rings. The van der Waals surface area contributed by atoms with Crippen molar-refractivity contribution in [1.82, 2.24) is 0 Å². The summed E-state index contributed by atoms with van der Waals surface area (Å²) in [5, 5.41) is 0. The first-order chi connectivity index (χ1) is 8.43. The van der Waals surface area contributed by atoms with Gasteiger partial charge in [-0.3, -0.25) is 0 Å². The summed E-state index contributed by atoms with van der Waals surface area (Å²) in [7, 11) is 0. The second-order valence-corrected chi connectivity index (χ2v) is 5.36. The third-order valence-corrected chi connectivity index (χ3v) is 4.56. The van der Waals surface area contributed by atoms with Gasteiger partial charge in [-0.05, 0) is 53.4 Å². The Morgan fingerprint density at radius 3 is 1.59 bits per heavy atom. The Labute approximate surface area is 102 Å². The topological polar surface area (TPSA) is 0 Å². The van der Waals surface area contributed by atoms with Crippen molar-refractivity contribution in [1.29, 1.82) is 0 Å². The van der Waals surface area contributed by atoms with E-state index in [-0.39, 0.29) is 0 Å². The maximum absolute atomic E-state index is 2.35. The van der Waals surface area contributed by atoms with Crippen molar-refractivity contribution in [2.24, 2.45) is 0 Å². The van der Waals surface area contributed by atoms with Crippen LogP contribution in [0.15, 0.2) is 48.5 Å². The van der Waals surface area contributed by atoms with Crippen LogP contribution in [0.3, 0.4) is 0 Å². The predicted molar refractivity (Wildman–Crippen MR) is 70.4 cm³/mol. The van der Waals surface area contributed by atoms with Gasteiger partial charge in [0.2, 0.25) is 0 Å². The number of benzene rings is 2. The lowest BCUT2D eigenvalue weighted by atomic mass is 9.67. The molecule has 0 nitrogen and oxygen atoms in total. The highest BCUT2D eigenvalue weighted by atomic mass is 14.4. The largest absolute Gasteiger partial charge is 0.0620 e. The fourth-order valence-corrected chi connectivity index (χ4v) is 3.56. The Bertz CT molecular complexity index is 516. The summed E-state index contributed by atoms with van der Waals surface area (Å²) < 4.78 is 0. The van der Waals surface area contributed by atoms with Gasteiger partial charge in [-0.2, -0.15) is 0 Å². The van der Waals surface area contributed by atoms with Crippen molar-refractivity contribution in [3.05, 3.63) is 70.8 Å². The van der Waals surface area contributed by atoms with Crippen LogP contribution in [0, 0.1) is 0 Å². The predicted octanol–water partition coefficient (Wildman–Crippen LogP) is 4.25. The number of hydrogen-bond acceptors (Lipinski definition) is 0. The second-order valence-electron chi connectivity index (χ2n) is 5.36. The molecule has 2 aromatic rings. The maximum Gasteiger partial charge on any atom is -0.00201 e. The monoisotopic (exact) mass is 220 g/mol. The van der Waals surface area contributed by atoms with E-state index in [0.29, 0.717) is 0 Å². The zero-order valence-electron chi connectivity index (χ0n) is 9.89. The first kappa shape index (κ1) is 9.47. The van der Waals surface area contributed by atoms with Gasteiger partial charge in [0.05, 0.1) is 0 Å². The lowest BCUT2D eigenvalue weighted by Crippen LogP contribution is -2.21. The minimum atomic E-state index is 0.787. The molecule has 1 saturated carbocycles. The van der Waals surface area contributed by atoms with E-state index in [9.17, 15) is 0 Å². The molecule has 0 aliphatic heterocycles. The van der Waals surface area contributed by atoms with Crippen LogP contribution in [-0.4, -0.2) is 0 Å². The molecule has 0 bridgehead atoms. The molecule has 2 aromatic carbocycles. The smallest absolute Gasteiger partial charge is 0.00201 e. The second kappa shape index (κ2) is 3.46. The zero-order valence-corrected chi connectivity index (χ0v) is 9.89. The van der Waals surface area contributed by atoms with Gasteiger partial charge in [0.15, 0.2) is 0 Å². The van der Waals surface area contributed by atoms with Crippen molar-refractivity contribution >= 4 is 0 Å². The Hall–Kier alpha value is -1.56. The van der Waals surface area contributed by atoms with E-state index in [1.165, 1.54) is 12.8 Å². The summed E-state index contributed by atoms with van der Waals surface area (Å²) in [6, 6.07) is 18.1. The van der Waals surface area contributed by atoms with Crippen molar-refractivity contribution in [2.75, 3.05) is 0 Å². The molecule has 0 heterocycles. The van der Waals surface area contributed by atoms with Crippen molar-refractivity contribution < 1.29 is 0 Å². The molecular formula is C17H16. The average molecular weight is 220 g/mol. The van der Waals surface area contributed by atoms with E-state index in [1.54, 1.807) is 22.3 Å². The van der Waals surface area contributed by atoms with Crippen molar-refractivity contribution in [3.63, 3.8) is 0 Å². The van der Waals surface area contributed by atoms with Gasteiger partial charge < -0.3 is 0 Å². The van der Waals surface area contributed by atoms with Gasteiger partial charge in [-0.15, -0.1) is 0 Å². The summed E-state index contributed by atoms with van der Waals surface area (Å²) in [6.45, 7) is 0. The Morgan fingerprint density at radius 2 is 1.12 bits per heavy atom. The molecule has 0 aromatic heterocycles. The van der Waals surface area contributed by atoms with Gasteiger partial charge in [0.25, 0.3) is 0 Å². The zero-order chi connectivity index (χ0) is 11.2. The van der Waals surface area contributed by atoms with Crippen molar-refractivity contribution in [3.8, 4) is 0 Å². The summed E-state index contributed by atoms with van der Waals surface area (Å²) in [6.07, 6.45) is 3.87. The molecule has 0 amide bonds. The third kappa shape index (κ3) is 1.30. The minimum Gasteiger partial charge on any atom is -0.0620 e. The highest BCUT2D eigenvalue weighted by Gasteiger charge is 2.37. The Morgan fingerprint density at radius 1 is 0.647 bits per heavy atom. The van der Waals surface area contributed by atoms with Gasteiger partial charge in [0, 0.05) is 0 Å². The van der Waals surface area contributed by atoms with Crippen LogP contribution in [0.25, 0.3) is 0 Å². The molecule has 0 heteroatoms. The number of hydrogen-bond donors (Lipinski definition) is 0. The lowest BCUT2D eigenvalue weighted by Gasteiger charge is -2.37.